The van der Waals surface area contributed by atoms with E-state index in [0.717, 1.165) is 35.6 Å². The zero-order valence-electron chi connectivity index (χ0n) is 9.87. The monoisotopic (exact) mass is 262 g/mol. The van der Waals surface area contributed by atoms with Crippen molar-refractivity contribution >= 4 is 28.7 Å². The Labute approximate surface area is 109 Å². The second kappa shape index (κ2) is 4.53. The molecule has 6 heteroatoms. The third kappa shape index (κ3) is 1.82. The first-order valence-corrected chi connectivity index (χ1v) is 7.01. The van der Waals surface area contributed by atoms with Crippen molar-refractivity contribution < 1.29 is 4.79 Å². The molecule has 0 saturated carbocycles. The Morgan fingerprint density at radius 2 is 2.17 bits per heavy atom. The molecular weight excluding hydrogens is 248 g/mol. The van der Waals surface area contributed by atoms with Gasteiger partial charge in [0.2, 0.25) is 0 Å². The summed E-state index contributed by atoms with van der Waals surface area (Å²) in [6.07, 6.45) is 3.54. The van der Waals surface area contributed by atoms with E-state index in [1.807, 2.05) is 28.6 Å². The summed E-state index contributed by atoms with van der Waals surface area (Å²) in [5.41, 5.74) is 6.76. The second-order valence-corrected chi connectivity index (χ2v) is 5.42. The molecule has 1 saturated heterocycles. The Kier molecular flexibility index (Phi) is 2.87. The molecule has 0 atom stereocenters. The van der Waals surface area contributed by atoms with Crippen LogP contribution in [0.25, 0.3) is 11.0 Å². The third-order valence-corrected chi connectivity index (χ3v) is 4.05. The number of fused-ring (bicyclic) bond motifs is 1. The van der Waals surface area contributed by atoms with Crippen LogP contribution in [0.1, 0.15) is 10.4 Å². The van der Waals surface area contributed by atoms with Crippen LogP contribution in [0.2, 0.25) is 0 Å². The first kappa shape index (κ1) is 11.4. The van der Waals surface area contributed by atoms with Gasteiger partial charge in [0.05, 0.1) is 5.56 Å². The van der Waals surface area contributed by atoms with Crippen molar-refractivity contribution in [1.82, 2.24) is 9.66 Å². The average molecular weight is 262 g/mol. The Hall–Kier alpha value is -1.69. The summed E-state index contributed by atoms with van der Waals surface area (Å²) in [4.78, 5) is 15.8. The minimum Gasteiger partial charge on any atom is -0.366 e. The van der Waals surface area contributed by atoms with E-state index in [0.29, 0.717) is 5.56 Å². The maximum Gasteiger partial charge on any atom is 0.251 e. The molecule has 94 valence electrons. The molecule has 0 radical (unpaired) electrons. The van der Waals surface area contributed by atoms with E-state index in [2.05, 4.69) is 9.99 Å². The van der Waals surface area contributed by atoms with Gasteiger partial charge >= 0.3 is 0 Å². The fraction of sp³-hybridized carbons (Fsp3) is 0.333. The van der Waals surface area contributed by atoms with Crippen LogP contribution in [0, 0.1) is 0 Å². The lowest BCUT2D eigenvalue weighted by Gasteiger charge is -2.29. The lowest BCUT2D eigenvalue weighted by molar-refractivity contribution is 0.100. The number of nitrogens with zero attached hydrogens (tertiary/aromatic N) is 3. The van der Waals surface area contributed by atoms with Gasteiger partial charge < -0.3 is 10.7 Å². The highest BCUT2D eigenvalue weighted by Gasteiger charge is 2.18. The molecular formula is C12H14N4OS. The quantitative estimate of drug-likeness (QED) is 0.870. The van der Waals surface area contributed by atoms with E-state index in [4.69, 9.17) is 5.73 Å². The Morgan fingerprint density at radius 1 is 1.39 bits per heavy atom. The van der Waals surface area contributed by atoms with Crippen LogP contribution in [0.15, 0.2) is 24.5 Å². The molecule has 1 aliphatic rings. The fourth-order valence-electron chi connectivity index (χ4n) is 2.22. The topological polar surface area (TPSA) is 64.2 Å². The normalized spacial score (nSPS) is 16.1. The highest BCUT2D eigenvalue weighted by atomic mass is 32.2. The molecule has 0 bridgehead atoms. The van der Waals surface area contributed by atoms with Gasteiger partial charge in [-0.25, -0.2) is 9.66 Å². The zero-order valence-corrected chi connectivity index (χ0v) is 10.7. The molecule has 1 fully saturated rings. The summed E-state index contributed by atoms with van der Waals surface area (Å²) in [6.45, 7) is 1.92. The number of carbonyl (C=O) groups excluding carboxylic acids is 1. The maximum absolute atomic E-state index is 11.5. The second-order valence-electron chi connectivity index (χ2n) is 4.19. The van der Waals surface area contributed by atoms with Crippen molar-refractivity contribution in [3.63, 3.8) is 0 Å². The number of pyridine rings is 1. The largest absolute Gasteiger partial charge is 0.366 e. The number of amides is 1. The highest BCUT2D eigenvalue weighted by molar-refractivity contribution is 7.99. The number of hydrogen-bond donors (Lipinski definition) is 1. The van der Waals surface area contributed by atoms with Crippen molar-refractivity contribution in [3.05, 3.63) is 30.1 Å². The van der Waals surface area contributed by atoms with E-state index >= 15 is 0 Å². The molecule has 0 aliphatic carbocycles. The highest BCUT2D eigenvalue weighted by Crippen LogP contribution is 2.20. The number of aromatic nitrogens is 2. The zero-order chi connectivity index (χ0) is 12.5. The molecule has 2 N–H and O–H groups in total. The summed E-state index contributed by atoms with van der Waals surface area (Å²) < 4.78 is 1.97. The predicted octanol–water partition coefficient (Wildman–Crippen LogP) is 0.820. The standard InChI is InChI=1S/C12H14N4OS/c13-11(17)10-8-16(15-4-6-18-7-5-15)12-9(10)2-1-3-14-12/h1-3,8H,4-7H2,(H2,13,17). The van der Waals surface area contributed by atoms with Gasteiger partial charge in [0, 0.05) is 42.4 Å². The molecule has 0 unspecified atom stereocenters. The van der Waals surface area contributed by atoms with E-state index in [1.54, 1.807) is 12.4 Å². The van der Waals surface area contributed by atoms with Crippen LogP contribution < -0.4 is 10.7 Å². The van der Waals surface area contributed by atoms with Crippen LogP contribution >= 0.6 is 11.8 Å². The van der Waals surface area contributed by atoms with Crippen molar-refractivity contribution in [3.8, 4) is 0 Å². The van der Waals surface area contributed by atoms with Crippen LogP contribution in [-0.4, -0.2) is 40.2 Å². The van der Waals surface area contributed by atoms with Gasteiger partial charge in [-0.1, -0.05) is 0 Å². The molecule has 5 nitrogen and oxygen atoms in total. The van der Waals surface area contributed by atoms with Gasteiger partial charge in [0.15, 0.2) is 5.65 Å². The Morgan fingerprint density at radius 3 is 2.89 bits per heavy atom. The number of hydrogen-bond acceptors (Lipinski definition) is 4. The average Bonchev–Trinajstić information content (AvgIpc) is 2.79. The van der Waals surface area contributed by atoms with Gasteiger partial charge in [0.1, 0.15) is 0 Å². The molecule has 2 aromatic heterocycles. The fourth-order valence-corrected chi connectivity index (χ4v) is 3.11. The SMILES string of the molecule is NC(=O)c1cn(N2CCSCC2)c2ncccc12. The van der Waals surface area contributed by atoms with E-state index in [-0.39, 0.29) is 0 Å². The summed E-state index contributed by atoms with van der Waals surface area (Å²) in [7, 11) is 0. The molecule has 0 aromatic carbocycles. The van der Waals surface area contributed by atoms with Gasteiger partial charge in [0.25, 0.3) is 5.91 Å². The minimum atomic E-state index is -0.405. The number of thioether (sulfide) groups is 1. The molecule has 18 heavy (non-hydrogen) atoms. The first-order chi connectivity index (χ1) is 8.77. The van der Waals surface area contributed by atoms with Crippen molar-refractivity contribution in [2.24, 2.45) is 5.73 Å². The van der Waals surface area contributed by atoms with Crippen LogP contribution in [0.3, 0.4) is 0 Å². The number of rotatable bonds is 2. The summed E-state index contributed by atoms with van der Waals surface area (Å²) in [5, 5.41) is 3.03. The summed E-state index contributed by atoms with van der Waals surface area (Å²) in [6, 6.07) is 3.71. The van der Waals surface area contributed by atoms with Crippen LogP contribution in [0.4, 0.5) is 0 Å². The summed E-state index contributed by atoms with van der Waals surface area (Å²) in [5.74, 6) is 1.79. The number of nitrogens with two attached hydrogens (primary N) is 1. The molecule has 0 spiro atoms. The van der Waals surface area contributed by atoms with Gasteiger partial charge in [-0.05, 0) is 12.1 Å². The van der Waals surface area contributed by atoms with Crippen molar-refractivity contribution in [1.29, 1.82) is 0 Å². The van der Waals surface area contributed by atoms with Crippen molar-refractivity contribution in [2.45, 2.75) is 0 Å². The summed E-state index contributed by atoms with van der Waals surface area (Å²) >= 11 is 1.94. The molecule has 1 amide bonds. The maximum atomic E-state index is 11.5. The molecule has 1 aliphatic heterocycles. The molecule has 3 heterocycles. The van der Waals surface area contributed by atoms with E-state index in [9.17, 15) is 4.79 Å². The third-order valence-electron chi connectivity index (χ3n) is 3.10. The lowest BCUT2D eigenvalue weighted by Crippen LogP contribution is -2.41. The van der Waals surface area contributed by atoms with Gasteiger partial charge in [-0.15, -0.1) is 0 Å². The van der Waals surface area contributed by atoms with E-state index < -0.39 is 5.91 Å². The lowest BCUT2D eigenvalue weighted by atomic mass is 10.2. The molecule has 2 aromatic rings. The van der Waals surface area contributed by atoms with Crippen LogP contribution in [-0.2, 0) is 0 Å². The predicted molar refractivity (Wildman–Crippen MR) is 73.5 cm³/mol. The van der Waals surface area contributed by atoms with E-state index in [1.165, 1.54) is 0 Å². The van der Waals surface area contributed by atoms with Gasteiger partial charge in [-0.3, -0.25) is 4.79 Å². The Bertz CT molecular complexity index is 589. The molecule has 3 rings (SSSR count). The van der Waals surface area contributed by atoms with Crippen LogP contribution in [0.5, 0.6) is 0 Å². The minimum absolute atomic E-state index is 0.405. The smallest absolute Gasteiger partial charge is 0.251 e. The number of carbonyl (C=O) groups is 1. The Balaban J connectivity index is 2.13. The number of primary amides is 1. The van der Waals surface area contributed by atoms with Gasteiger partial charge in [-0.2, -0.15) is 11.8 Å². The van der Waals surface area contributed by atoms with Crippen molar-refractivity contribution in [2.75, 3.05) is 29.6 Å². The first-order valence-electron chi connectivity index (χ1n) is 5.86.